The molecular weight excluding hydrogens is 705 g/mol. The Bertz CT molecular complexity index is 3560. The Morgan fingerprint density at radius 2 is 0.931 bits per heavy atom. The van der Waals surface area contributed by atoms with Crippen LogP contribution in [-0.4, -0.2) is 19.1 Å². The zero-order chi connectivity index (χ0) is 38.2. The monoisotopic (exact) mass is 738 g/mol. The predicted molar refractivity (Wildman–Crippen MR) is 242 cm³/mol. The molecule has 3 aromatic heterocycles. The maximum Gasteiger partial charge on any atom is 0.235 e. The van der Waals surface area contributed by atoms with E-state index < -0.39 is 0 Å². The molecule has 0 N–H and O–H groups in total. The average Bonchev–Trinajstić information content (AvgIpc) is 3.82. The van der Waals surface area contributed by atoms with Crippen molar-refractivity contribution in [3.05, 3.63) is 206 Å². The van der Waals surface area contributed by atoms with Gasteiger partial charge in [0, 0.05) is 38.2 Å². The normalized spacial score (nSPS) is 11.8. The topological polar surface area (TPSA) is 35.6 Å². The van der Waals surface area contributed by atoms with Gasteiger partial charge in [-0.2, -0.15) is 0 Å². The number of hydrogen-bond donors (Lipinski definition) is 0. The summed E-state index contributed by atoms with van der Waals surface area (Å²) in [7, 11) is 0. The van der Waals surface area contributed by atoms with Crippen molar-refractivity contribution in [1.82, 2.24) is 19.1 Å². The van der Waals surface area contributed by atoms with Crippen molar-refractivity contribution in [2.75, 3.05) is 0 Å². The van der Waals surface area contributed by atoms with Gasteiger partial charge in [-0.05, 0) is 81.6 Å². The van der Waals surface area contributed by atoms with Crippen LogP contribution in [0.5, 0.6) is 0 Å². The van der Waals surface area contributed by atoms with Crippen LogP contribution in [0.3, 0.4) is 0 Å². The average molecular weight is 739 g/mol. The van der Waals surface area contributed by atoms with Gasteiger partial charge in [0.25, 0.3) is 0 Å². The first-order valence-corrected chi connectivity index (χ1v) is 19.7. The van der Waals surface area contributed by atoms with Crippen LogP contribution in [0, 0.1) is 0 Å². The fraction of sp³-hybridized carbons (Fsp3) is 0. The SMILES string of the molecule is c1ccc(-c2cccc(-n3c4ccccc4c4ccc(-c5ccc6c(c5)c5c7ccccc7ccc5n6-c5nc(-c6ccccc6)c6ccccc6n5)cc43)c2)cc1. The van der Waals surface area contributed by atoms with Crippen LogP contribution in [0.1, 0.15) is 0 Å². The van der Waals surface area contributed by atoms with Crippen LogP contribution in [-0.2, 0) is 0 Å². The molecular formula is C54H34N4. The van der Waals surface area contributed by atoms with E-state index in [-0.39, 0.29) is 0 Å². The standard InChI is InChI=1S/C54H34N4/c1-3-14-35(15-4-1)38-19-13-20-41(32-38)57-48-25-12-10-22-43(48)44-29-26-40(34-51(44)57)39-28-30-49-46(33-39)52-42-21-8-7-16-36(42)27-31-50(52)58(49)54-55-47-24-11-9-23-45(47)53(56-54)37-17-5-2-6-18-37/h1-34H. The van der Waals surface area contributed by atoms with Gasteiger partial charge in [0.1, 0.15) is 0 Å². The molecule has 0 amide bonds. The number of rotatable bonds is 5. The van der Waals surface area contributed by atoms with E-state index in [2.05, 4.69) is 209 Å². The summed E-state index contributed by atoms with van der Waals surface area (Å²) in [5.41, 5.74) is 13.3. The van der Waals surface area contributed by atoms with E-state index in [1.807, 2.05) is 6.07 Å². The first-order chi connectivity index (χ1) is 28.8. The van der Waals surface area contributed by atoms with Crippen LogP contribution in [0.2, 0.25) is 0 Å². The Labute approximate surface area is 334 Å². The third-order valence-electron chi connectivity index (χ3n) is 11.7. The van der Waals surface area contributed by atoms with Gasteiger partial charge in [0.05, 0.1) is 33.3 Å². The molecule has 0 saturated carbocycles. The van der Waals surface area contributed by atoms with Crippen LogP contribution in [0.15, 0.2) is 206 Å². The molecule has 0 aliphatic heterocycles. The molecule has 4 heteroatoms. The van der Waals surface area contributed by atoms with E-state index >= 15 is 0 Å². The summed E-state index contributed by atoms with van der Waals surface area (Å²) in [6, 6.07) is 73.9. The second-order valence-corrected chi connectivity index (χ2v) is 15.0. The molecule has 0 saturated heterocycles. The van der Waals surface area contributed by atoms with E-state index in [0.717, 1.165) is 50.0 Å². The van der Waals surface area contributed by atoms with Gasteiger partial charge < -0.3 is 4.57 Å². The minimum Gasteiger partial charge on any atom is -0.309 e. The minimum absolute atomic E-state index is 0.657. The summed E-state index contributed by atoms with van der Waals surface area (Å²) in [5, 5.41) is 8.27. The van der Waals surface area contributed by atoms with Crippen molar-refractivity contribution < 1.29 is 0 Å². The second kappa shape index (κ2) is 12.9. The molecule has 270 valence electrons. The summed E-state index contributed by atoms with van der Waals surface area (Å²) in [5.74, 6) is 0.657. The molecule has 0 atom stereocenters. The lowest BCUT2D eigenvalue weighted by Gasteiger charge is -2.12. The van der Waals surface area contributed by atoms with Gasteiger partial charge in [-0.3, -0.25) is 4.57 Å². The molecule has 9 aromatic carbocycles. The van der Waals surface area contributed by atoms with Crippen LogP contribution in [0.4, 0.5) is 0 Å². The van der Waals surface area contributed by atoms with E-state index in [4.69, 9.17) is 9.97 Å². The largest absolute Gasteiger partial charge is 0.309 e. The number of fused-ring (bicyclic) bond motifs is 9. The van der Waals surface area contributed by atoms with Gasteiger partial charge >= 0.3 is 0 Å². The fourth-order valence-corrected chi connectivity index (χ4v) is 9.05. The molecule has 0 bridgehead atoms. The lowest BCUT2D eigenvalue weighted by Crippen LogP contribution is -2.03. The quantitative estimate of drug-likeness (QED) is 0.176. The highest BCUT2D eigenvalue weighted by atomic mass is 15.2. The molecule has 58 heavy (non-hydrogen) atoms. The predicted octanol–water partition coefficient (Wildman–Crippen LogP) is 14.0. The van der Waals surface area contributed by atoms with Gasteiger partial charge in [0.15, 0.2) is 0 Å². The van der Waals surface area contributed by atoms with Crippen molar-refractivity contribution in [2.24, 2.45) is 0 Å². The molecule has 12 aromatic rings. The second-order valence-electron chi connectivity index (χ2n) is 15.0. The van der Waals surface area contributed by atoms with Crippen molar-refractivity contribution in [3.8, 4) is 45.1 Å². The summed E-state index contributed by atoms with van der Waals surface area (Å²) in [6.07, 6.45) is 0. The minimum atomic E-state index is 0.657. The highest BCUT2D eigenvalue weighted by Gasteiger charge is 2.20. The number of nitrogens with zero attached hydrogens (tertiary/aromatic N) is 4. The summed E-state index contributed by atoms with van der Waals surface area (Å²) in [6.45, 7) is 0. The van der Waals surface area contributed by atoms with Gasteiger partial charge in [0.2, 0.25) is 5.95 Å². The van der Waals surface area contributed by atoms with E-state index in [1.165, 1.54) is 54.5 Å². The lowest BCUT2D eigenvalue weighted by atomic mass is 9.99. The number of benzene rings is 9. The molecule has 0 spiro atoms. The van der Waals surface area contributed by atoms with Crippen molar-refractivity contribution >= 4 is 65.3 Å². The van der Waals surface area contributed by atoms with Crippen LogP contribution >= 0.6 is 0 Å². The van der Waals surface area contributed by atoms with Crippen molar-refractivity contribution in [3.63, 3.8) is 0 Å². The molecule has 0 radical (unpaired) electrons. The zero-order valence-electron chi connectivity index (χ0n) is 31.4. The van der Waals surface area contributed by atoms with Crippen LogP contribution in [0.25, 0.3) is 110 Å². The molecule has 3 heterocycles. The molecule has 4 nitrogen and oxygen atoms in total. The smallest absolute Gasteiger partial charge is 0.235 e. The van der Waals surface area contributed by atoms with Crippen LogP contribution < -0.4 is 0 Å². The molecule has 0 fully saturated rings. The van der Waals surface area contributed by atoms with Crippen molar-refractivity contribution in [2.45, 2.75) is 0 Å². The fourth-order valence-electron chi connectivity index (χ4n) is 9.05. The van der Waals surface area contributed by atoms with E-state index in [1.54, 1.807) is 0 Å². The molecule has 12 rings (SSSR count). The third kappa shape index (κ3) is 5.02. The Morgan fingerprint density at radius 3 is 1.79 bits per heavy atom. The summed E-state index contributed by atoms with van der Waals surface area (Å²) >= 11 is 0. The first kappa shape index (κ1) is 32.4. The maximum absolute atomic E-state index is 5.34. The maximum atomic E-state index is 5.34. The van der Waals surface area contributed by atoms with E-state index in [9.17, 15) is 0 Å². The molecule has 0 unspecified atom stereocenters. The highest BCUT2D eigenvalue weighted by Crippen LogP contribution is 2.41. The third-order valence-corrected chi connectivity index (χ3v) is 11.7. The Balaban J connectivity index is 1.09. The van der Waals surface area contributed by atoms with Gasteiger partial charge in [-0.25, -0.2) is 9.97 Å². The van der Waals surface area contributed by atoms with Crippen molar-refractivity contribution in [1.29, 1.82) is 0 Å². The number of para-hydroxylation sites is 2. The molecule has 0 aliphatic rings. The summed E-state index contributed by atoms with van der Waals surface area (Å²) < 4.78 is 4.67. The Morgan fingerprint density at radius 1 is 0.310 bits per heavy atom. The highest BCUT2D eigenvalue weighted by molar-refractivity contribution is 6.22. The van der Waals surface area contributed by atoms with Gasteiger partial charge in [-0.1, -0.05) is 158 Å². The molecule has 0 aliphatic carbocycles. The summed E-state index contributed by atoms with van der Waals surface area (Å²) in [4.78, 5) is 10.6. The zero-order valence-corrected chi connectivity index (χ0v) is 31.4. The first-order valence-electron chi connectivity index (χ1n) is 19.7. The lowest BCUT2D eigenvalue weighted by molar-refractivity contribution is 1.01. The van der Waals surface area contributed by atoms with E-state index in [0.29, 0.717) is 5.95 Å². The number of hydrogen-bond acceptors (Lipinski definition) is 2. The Hall–Kier alpha value is -7.82. The number of aromatic nitrogens is 4. The van der Waals surface area contributed by atoms with Gasteiger partial charge in [-0.15, -0.1) is 0 Å². The Kier molecular flexibility index (Phi) is 7.20.